The summed E-state index contributed by atoms with van der Waals surface area (Å²) in [4.78, 5) is 62.3. The van der Waals surface area contributed by atoms with E-state index in [4.69, 9.17) is 34.8 Å². The number of hydrogen-bond donors (Lipinski definition) is 1. The van der Waals surface area contributed by atoms with Gasteiger partial charge in [0.1, 0.15) is 6.23 Å². The minimum absolute atomic E-state index is 0.0113. The lowest BCUT2D eigenvalue weighted by Crippen LogP contribution is -2.29. The highest BCUT2D eigenvalue weighted by Crippen LogP contribution is 2.66. The number of carbonyl (C=O) groups excluding carboxylic acids is 4. The number of ether oxygens (including phenoxy) is 6. The molecule has 15 nitrogen and oxygen atoms in total. The van der Waals surface area contributed by atoms with Gasteiger partial charge in [0.15, 0.2) is 29.2 Å². The number of nitrogens with one attached hydrogen (secondary N) is 1. The maximum atomic E-state index is 14.8. The zero-order valence-electron chi connectivity index (χ0n) is 34.8. The van der Waals surface area contributed by atoms with Gasteiger partial charge in [0, 0.05) is 19.3 Å². The highest BCUT2D eigenvalue weighted by molar-refractivity contribution is 6.00. The third kappa shape index (κ3) is 12.0. The van der Waals surface area contributed by atoms with Gasteiger partial charge in [-0.2, -0.15) is 14.4 Å². The van der Waals surface area contributed by atoms with Gasteiger partial charge < -0.3 is 33.7 Å². The number of imidazole rings is 1. The van der Waals surface area contributed by atoms with Crippen LogP contribution in [-0.4, -0.2) is 80.3 Å². The summed E-state index contributed by atoms with van der Waals surface area (Å²) in [5.74, 6) is 1.07. The summed E-state index contributed by atoms with van der Waals surface area (Å²) in [5, 5.41) is 2.47. The first-order valence-corrected chi connectivity index (χ1v) is 21.9. The van der Waals surface area contributed by atoms with E-state index in [1.54, 1.807) is 0 Å². The third-order valence-electron chi connectivity index (χ3n) is 11.4. The molecule has 3 fully saturated rings. The van der Waals surface area contributed by atoms with Crippen molar-refractivity contribution in [3.05, 3.63) is 12.4 Å². The Morgan fingerprint density at radius 3 is 1.97 bits per heavy atom. The Kier molecular flexibility index (Phi) is 17.6. The molecule has 4 heterocycles. The first-order valence-electron chi connectivity index (χ1n) is 21.9. The van der Waals surface area contributed by atoms with E-state index in [2.05, 4.69) is 40.0 Å². The first kappa shape index (κ1) is 45.6. The fraction of sp³-hybridized carbons (Fsp3) is 0.744. The van der Waals surface area contributed by atoms with Crippen molar-refractivity contribution in [2.24, 2.45) is 0 Å². The Labute approximate surface area is 346 Å². The van der Waals surface area contributed by atoms with Crippen LogP contribution in [0, 0.1) is 18.4 Å². The van der Waals surface area contributed by atoms with Gasteiger partial charge in [-0.1, -0.05) is 135 Å². The molecule has 2 aromatic rings. The average molecular weight is 828 g/mol. The average Bonchev–Trinajstić information content (AvgIpc) is 3.72. The van der Waals surface area contributed by atoms with E-state index in [-0.39, 0.29) is 49.5 Å². The summed E-state index contributed by atoms with van der Waals surface area (Å²) in [5.41, 5.74) is -3.47. The molecular formula is C43H62FN5O10. The second kappa shape index (κ2) is 22.7. The number of fused-ring (bicyclic) bond motifs is 2. The van der Waals surface area contributed by atoms with Crippen LogP contribution in [0.4, 0.5) is 19.8 Å². The van der Waals surface area contributed by atoms with Crippen LogP contribution in [0.1, 0.15) is 168 Å². The number of aromatic nitrogens is 4. The summed E-state index contributed by atoms with van der Waals surface area (Å²) in [6.07, 6.45) is 23.3. The number of terminal acetylenes is 1. The van der Waals surface area contributed by atoms with Crippen LogP contribution in [0.2, 0.25) is 0 Å². The number of halogens is 1. The van der Waals surface area contributed by atoms with E-state index in [0.717, 1.165) is 38.5 Å². The zero-order valence-corrected chi connectivity index (χ0v) is 34.8. The molecule has 1 amide bonds. The largest absolute Gasteiger partial charge is 0.509 e. The zero-order chi connectivity index (χ0) is 42.1. The van der Waals surface area contributed by atoms with Crippen molar-refractivity contribution in [3.63, 3.8) is 0 Å². The molecule has 2 aromatic heterocycles. The van der Waals surface area contributed by atoms with Crippen molar-refractivity contribution in [2.75, 3.05) is 18.5 Å². The van der Waals surface area contributed by atoms with E-state index < -0.39 is 59.9 Å². The maximum absolute atomic E-state index is 14.8. The molecule has 2 aliphatic heterocycles. The molecule has 16 heteroatoms. The first-order chi connectivity index (χ1) is 28.7. The van der Waals surface area contributed by atoms with E-state index in [1.165, 1.54) is 87.9 Å². The van der Waals surface area contributed by atoms with Crippen LogP contribution >= 0.6 is 0 Å². The molecule has 1 aliphatic carbocycles. The fourth-order valence-corrected chi connectivity index (χ4v) is 8.01. The minimum Gasteiger partial charge on any atom is -0.452 e. The molecule has 0 bridgehead atoms. The second-order valence-corrected chi connectivity index (χ2v) is 15.9. The molecule has 0 spiro atoms. The Balaban J connectivity index is 1.19. The summed E-state index contributed by atoms with van der Waals surface area (Å²) < 4.78 is 49.9. The van der Waals surface area contributed by atoms with Gasteiger partial charge >= 0.3 is 24.4 Å². The quantitative estimate of drug-likeness (QED) is 0.0296. The Morgan fingerprint density at radius 2 is 1.42 bits per heavy atom. The normalized spacial score (nSPS) is 23.0. The summed E-state index contributed by atoms with van der Waals surface area (Å²) >= 11 is 0. The van der Waals surface area contributed by atoms with Crippen molar-refractivity contribution < 1.29 is 52.0 Å². The molecule has 2 saturated heterocycles. The number of cyclic esters (lactones) is 1. The minimum atomic E-state index is -1.74. The molecule has 1 N–H and O–H groups in total. The van der Waals surface area contributed by atoms with Gasteiger partial charge in [-0.25, -0.2) is 14.6 Å². The van der Waals surface area contributed by atoms with E-state index in [1.807, 2.05) is 0 Å². The van der Waals surface area contributed by atoms with E-state index >= 15 is 0 Å². The van der Waals surface area contributed by atoms with Crippen molar-refractivity contribution >= 4 is 41.2 Å². The van der Waals surface area contributed by atoms with Crippen LogP contribution < -0.4 is 5.32 Å². The molecular weight excluding hydrogens is 765 g/mol. The summed E-state index contributed by atoms with van der Waals surface area (Å²) in [7, 11) is 0. The van der Waals surface area contributed by atoms with Gasteiger partial charge in [-0.3, -0.25) is 14.2 Å². The lowest BCUT2D eigenvalue weighted by atomic mass is 10.1. The molecule has 1 saturated carbocycles. The monoisotopic (exact) mass is 827 g/mol. The number of unbranched alkanes of at least 4 members (excludes halogenated alkanes) is 18. The van der Waals surface area contributed by atoms with Gasteiger partial charge in [-0.05, 0) is 12.8 Å². The van der Waals surface area contributed by atoms with Crippen molar-refractivity contribution in [1.29, 1.82) is 0 Å². The second-order valence-electron chi connectivity index (χ2n) is 15.9. The molecule has 0 radical (unpaired) electrons. The van der Waals surface area contributed by atoms with Crippen LogP contribution in [0.25, 0.3) is 11.2 Å². The number of hydrogen-bond acceptors (Lipinski definition) is 13. The summed E-state index contributed by atoms with van der Waals surface area (Å²) in [6, 6.07) is 0. The number of amides is 1. The van der Waals surface area contributed by atoms with Crippen LogP contribution in [0.3, 0.4) is 0 Å². The molecule has 59 heavy (non-hydrogen) atoms. The molecule has 326 valence electrons. The van der Waals surface area contributed by atoms with E-state index in [9.17, 15) is 23.6 Å². The predicted molar refractivity (Wildman–Crippen MR) is 214 cm³/mol. The van der Waals surface area contributed by atoms with Gasteiger partial charge in [0.25, 0.3) is 5.91 Å². The van der Waals surface area contributed by atoms with Crippen molar-refractivity contribution in [1.82, 2.24) is 19.5 Å². The molecule has 5 atom stereocenters. The Bertz CT molecular complexity index is 1750. The number of anilines is 1. The smallest absolute Gasteiger partial charge is 0.452 e. The lowest BCUT2D eigenvalue weighted by molar-refractivity contribution is -0.146. The van der Waals surface area contributed by atoms with Gasteiger partial charge in [0.2, 0.25) is 11.2 Å². The number of carbonyl (C=O) groups is 4. The Morgan fingerprint density at radius 1 is 0.864 bits per heavy atom. The highest BCUT2D eigenvalue weighted by atomic mass is 19.1. The molecule has 0 aromatic carbocycles. The fourth-order valence-electron chi connectivity index (χ4n) is 8.01. The van der Waals surface area contributed by atoms with Crippen LogP contribution in [-0.2, 0) is 38.0 Å². The SMILES string of the molecule is C#C[C@]12O[C@@H](n3cnc4c(NC(=O)[C@H]5CCC(=O)O5)nc(F)nc43)C[C@@]1(OC(=O)OCCCCCCCCCCCC)C2OC(=O)OCCCCCCCCCCCC. The van der Waals surface area contributed by atoms with Crippen molar-refractivity contribution in [2.45, 2.75) is 191 Å². The predicted octanol–water partition coefficient (Wildman–Crippen LogP) is 9.17. The Hall–Kier alpha value is -4.52. The standard InChI is InChI=1S/C43H62FN5O10/c1-4-7-9-11-13-15-17-19-21-23-27-54-40(52)57-38-42(6-3)43(38,59-41(53)55-28-24-22-20-18-16-14-12-10-8-5-2)29-32(58-42)49-30-45-34-35(47-39(44)48-36(34)49)46-37(51)31-25-26-33(50)56-31/h3,30-32,38H,4-5,7-29H2,1-2H3,(H,46,47,48,51)/t31-,32-,38?,42-,43-/m1/s1. The number of esters is 1. The van der Waals surface area contributed by atoms with Crippen LogP contribution in [0.15, 0.2) is 6.33 Å². The summed E-state index contributed by atoms with van der Waals surface area (Å²) in [6.45, 7) is 4.69. The number of nitrogens with zero attached hydrogens (tertiary/aromatic N) is 4. The van der Waals surface area contributed by atoms with Crippen molar-refractivity contribution in [3.8, 4) is 12.3 Å². The molecule has 3 aliphatic rings. The topological polar surface area (TPSA) is 179 Å². The maximum Gasteiger partial charge on any atom is 0.509 e. The lowest BCUT2D eigenvalue weighted by Gasteiger charge is -2.20. The molecule has 5 rings (SSSR count). The van der Waals surface area contributed by atoms with Crippen LogP contribution in [0.5, 0.6) is 0 Å². The van der Waals surface area contributed by atoms with Gasteiger partial charge in [0.05, 0.1) is 19.5 Å². The van der Waals surface area contributed by atoms with E-state index in [0.29, 0.717) is 12.8 Å². The number of rotatable bonds is 27. The third-order valence-corrected chi connectivity index (χ3v) is 11.4. The van der Waals surface area contributed by atoms with Gasteiger partial charge in [-0.15, -0.1) is 6.42 Å². The molecule has 1 unspecified atom stereocenters. The highest BCUT2D eigenvalue weighted by Gasteiger charge is 2.89.